The number of halogens is 3. The highest BCUT2D eigenvalue weighted by Crippen LogP contribution is 2.43. The maximum absolute atomic E-state index is 13.5. The molecule has 9 nitrogen and oxygen atoms in total. The Balaban J connectivity index is 2.02. The molecular weight excluding hydrogens is 569 g/mol. The summed E-state index contributed by atoms with van der Waals surface area (Å²) in [7, 11) is -4.14. The second kappa shape index (κ2) is 12.2. The van der Waals surface area contributed by atoms with E-state index in [2.05, 4.69) is 14.7 Å². The fourth-order valence-corrected chi connectivity index (χ4v) is 6.52. The summed E-state index contributed by atoms with van der Waals surface area (Å²) in [6, 6.07) is 5.14. The van der Waals surface area contributed by atoms with Gasteiger partial charge in [-0.25, -0.2) is 27.9 Å². The minimum absolute atomic E-state index is 0.0639. The highest BCUT2D eigenvalue weighted by atomic mass is 32.2. The smallest absolute Gasteiger partial charge is 0.416 e. The Labute approximate surface area is 234 Å². The summed E-state index contributed by atoms with van der Waals surface area (Å²) in [5.74, 6) is -0.676. The van der Waals surface area contributed by atoms with Gasteiger partial charge in [0.15, 0.2) is 10.8 Å². The number of nitrogens with zero attached hydrogens (tertiary/aromatic N) is 3. The van der Waals surface area contributed by atoms with E-state index in [1.165, 1.54) is 30.5 Å². The summed E-state index contributed by atoms with van der Waals surface area (Å²) in [6.45, 7) is 6.41. The van der Waals surface area contributed by atoms with E-state index in [4.69, 9.17) is 0 Å². The largest absolute Gasteiger partial charge is 0.465 e. The van der Waals surface area contributed by atoms with Crippen LogP contribution in [0.25, 0.3) is 10.2 Å². The summed E-state index contributed by atoms with van der Waals surface area (Å²) in [4.78, 5) is 35.4. The number of pyridine rings is 1. The number of sulfonamides is 1. The predicted octanol–water partition coefficient (Wildman–Crippen LogP) is 5.88. The molecule has 0 saturated heterocycles. The van der Waals surface area contributed by atoms with Crippen molar-refractivity contribution in [2.24, 2.45) is 5.41 Å². The molecule has 0 aliphatic rings. The molecule has 14 heteroatoms. The monoisotopic (exact) mass is 600 g/mol. The molecule has 3 rings (SSSR count). The van der Waals surface area contributed by atoms with Crippen molar-refractivity contribution in [3.63, 3.8) is 0 Å². The third-order valence-electron chi connectivity index (χ3n) is 6.17. The number of carboxylic acid groups (broad SMARTS) is 1. The van der Waals surface area contributed by atoms with Gasteiger partial charge in [0.25, 0.3) is 10.0 Å². The van der Waals surface area contributed by atoms with Crippen LogP contribution in [0.1, 0.15) is 63.6 Å². The third kappa shape index (κ3) is 7.34. The number of aromatic nitrogens is 2. The lowest BCUT2D eigenvalue weighted by Crippen LogP contribution is -2.52. The van der Waals surface area contributed by atoms with Crippen molar-refractivity contribution in [1.82, 2.24) is 19.6 Å². The van der Waals surface area contributed by atoms with E-state index in [1.807, 2.05) is 6.92 Å². The maximum Gasteiger partial charge on any atom is 0.416 e. The van der Waals surface area contributed by atoms with Gasteiger partial charge in [0.2, 0.25) is 0 Å². The van der Waals surface area contributed by atoms with Crippen molar-refractivity contribution in [3.05, 3.63) is 53.2 Å². The maximum atomic E-state index is 13.5. The summed E-state index contributed by atoms with van der Waals surface area (Å²) in [6.07, 6.45) is -3.50. The molecule has 218 valence electrons. The Morgan fingerprint density at radius 3 is 2.40 bits per heavy atom. The Hall–Kier alpha value is -3.10. The number of carbonyl (C=O) groups is 2. The zero-order chi connectivity index (χ0) is 29.9. The van der Waals surface area contributed by atoms with Crippen LogP contribution in [0.2, 0.25) is 0 Å². The van der Waals surface area contributed by atoms with E-state index in [-0.39, 0.29) is 22.0 Å². The number of ketones is 1. The van der Waals surface area contributed by atoms with Crippen molar-refractivity contribution < 1.29 is 36.3 Å². The van der Waals surface area contributed by atoms with Crippen LogP contribution in [0, 0.1) is 5.41 Å². The van der Waals surface area contributed by atoms with Gasteiger partial charge in [0, 0.05) is 6.20 Å². The van der Waals surface area contributed by atoms with Gasteiger partial charge in [0.05, 0.1) is 34.4 Å². The highest BCUT2D eigenvalue weighted by Gasteiger charge is 2.43. The molecule has 0 aliphatic carbocycles. The standard InChI is InChI=1S/C26H31F3N4O5S2/c1-5-6-9-18(19(34)15-31-40(37,38)21-10-7-8-13-30-21)33(24(35)36)22(25(2,3)4)23-32-17-14-16(26(27,28)29)11-12-20(17)39-23/h7-8,10-14,18,22,31H,5-6,9,15H2,1-4H3,(H,35,36)/t18-,22+/m0/s1. The number of thiazole rings is 1. The molecule has 0 aliphatic heterocycles. The Bertz CT molecular complexity index is 1450. The first-order valence-electron chi connectivity index (χ1n) is 12.5. The van der Waals surface area contributed by atoms with Crippen LogP contribution in [-0.4, -0.2) is 52.9 Å². The molecular formula is C26H31F3N4O5S2. The summed E-state index contributed by atoms with van der Waals surface area (Å²) in [5.41, 5.74) is -1.65. The van der Waals surface area contributed by atoms with Crippen LogP contribution in [-0.2, 0) is 21.0 Å². The highest BCUT2D eigenvalue weighted by molar-refractivity contribution is 7.89. The van der Waals surface area contributed by atoms with Crippen molar-refractivity contribution in [2.75, 3.05) is 6.54 Å². The quantitative estimate of drug-likeness (QED) is 0.281. The van der Waals surface area contributed by atoms with Gasteiger partial charge in [-0.1, -0.05) is 46.6 Å². The number of hydrogen-bond donors (Lipinski definition) is 2. The van der Waals surface area contributed by atoms with Gasteiger partial charge in [-0.3, -0.25) is 9.69 Å². The van der Waals surface area contributed by atoms with Crippen molar-refractivity contribution in [1.29, 1.82) is 0 Å². The van der Waals surface area contributed by atoms with E-state index < -0.39 is 57.7 Å². The number of nitrogens with one attached hydrogen (secondary N) is 1. The molecule has 0 saturated carbocycles. The van der Waals surface area contributed by atoms with Crippen LogP contribution in [0.15, 0.2) is 47.6 Å². The van der Waals surface area contributed by atoms with Gasteiger partial charge >= 0.3 is 12.3 Å². The van der Waals surface area contributed by atoms with E-state index in [1.54, 1.807) is 20.8 Å². The predicted molar refractivity (Wildman–Crippen MR) is 144 cm³/mol. The van der Waals surface area contributed by atoms with Gasteiger partial charge in [-0.15, -0.1) is 11.3 Å². The summed E-state index contributed by atoms with van der Waals surface area (Å²) < 4.78 is 67.8. The molecule has 2 atom stereocenters. The molecule has 1 aromatic carbocycles. The number of hydrogen-bond acceptors (Lipinski definition) is 7. The second-order valence-electron chi connectivity index (χ2n) is 10.3. The molecule has 2 N–H and O–H groups in total. The lowest BCUT2D eigenvalue weighted by molar-refractivity contribution is -0.137. The third-order valence-corrected chi connectivity index (χ3v) is 8.58. The average Bonchev–Trinajstić information content (AvgIpc) is 3.28. The van der Waals surface area contributed by atoms with E-state index in [0.29, 0.717) is 17.5 Å². The molecule has 0 spiro atoms. The van der Waals surface area contributed by atoms with Gasteiger partial charge in [-0.2, -0.15) is 13.2 Å². The number of fused-ring (bicyclic) bond motifs is 1. The summed E-state index contributed by atoms with van der Waals surface area (Å²) >= 11 is 1.05. The Morgan fingerprint density at radius 2 is 1.85 bits per heavy atom. The fourth-order valence-electron chi connectivity index (χ4n) is 4.29. The van der Waals surface area contributed by atoms with Crippen molar-refractivity contribution in [2.45, 2.75) is 70.2 Å². The van der Waals surface area contributed by atoms with Crippen LogP contribution >= 0.6 is 11.3 Å². The van der Waals surface area contributed by atoms with Crippen LogP contribution < -0.4 is 4.72 Å². The molecule has 40 heavy (non-hydrogen) atoms. The first-order chi connectivity index (χ1) is 18.6. The van der Waals surface area contributed by atoms with E-state index in [9.17, 15) is 36.3 Å². The van der Waals surface area contributed by atoms with Crippen molar-refractivity contribution in [3.8, 4) is 0 Å². The lowest BCUT2D eigenvalue weighted by Gasteiger charge is -2.41. The minimum atomic E-state index is -4.57. The Kier molecular flexibility index (Phi) is 9.58. The van der Waals surface area contributed by atoms with Crippen LogP contribution in [0.4, 0.5) is 18.0 Å². The number of alkyl halides is 3. The normalized spacial score (nSPS) is 14.2. The average molecular weight is 601 g/mol. The SMILES string of the molecule is CCCC[C@@H](C(=O)CNS(=O)(=O)c1ccccn1)N(C(=O)O)[C@H](c1nc2cc(C(F)(F)F)ccc2s1)C(C)(C)C. The molecule has 2 aromatic heterocycles. The molecule has 0 fully saturated rings. The van der Waals surface area contributed by atoms with Crippen LogP contribution in [0.5, 0.6) is 0 Å². The number of amides is 1. The van der Waals surface area contributed by atoms with E-state index in [0.717, 1.165) is 28.4 Å². The van der Waals surface area contributed by atoms with E-state index >= 15 is 0 Å². The minimum Gasteiger partial charge on any atom is -0.465 e. The second-order valence-corrected chi connectivity index (χ2v) is 13.1. The molecule has 3 aromatic rings. The molecule has 2 heterocycles. The molecule has 1 amide bonds. The first kappa shape index (κ1) is 31.4. The number of unbranched alkanes of at least 4 members (excludes halogenated alkanes) is 1. The number of benzene rings is 1. The molecule has 0 bridgehead atoms. The number of rotatable bonds is 11. The molecule has 0 radical (unpaired) electrons. The van der Waals surface area contributed by atoms with Crippen molar-refractivity contribution >= 4 is 43.5 Å². The first-order valence-corrected chi connectivity index (χ1v) is 14.8. The Morgan fingerprint density at radius 1 is 1.15 bits per heavy atom. The number of Topliss-reactive ketones (excluding diaryl/α,β-unsaturated/α-hetero) is 1. The zero-order valence-corrected chi connectivity index (χ0v) is 24.0. The van der Waals surface area contributed by atoms with Gasteiger partial charge in [0.1, 0.15) is 5.01 Å². The zero-order valence-electron chi connectivity index (χ0n) is 22.4. The van der Waals surface area contributed by atoms with Gasteiger partial charge in [-0.05, 0) is 42.2 Å². The fraction of sp³-hybridized carbons (Fsp3) is 0.462. The topological polar surface area (TPSA) is 130 Å². The van der Waals surface area contributed by atoms with Crippen LogP contribution in [0.3, 0.4) is 0 Å². The van der Waals surface area contributed by atoms with Gasteiger partial charge < -0.3 is 5.11 Å². The molecule has 0 unspecified atom stereocenters. The lowest BCUT2D eigenvalue weighted by atomic mass is 9.84. The number of carbonyl (C=O) groups excluding carboxylic acids is 1. The summed E-state index contributed by atoms with van der Waals surface area (Å²) in [5, 5.41) is 10.3.